The second-order valence-electron chi connectivity index (χ2n) is 6.11. The Morgan fingerprint density at radius 1 is 1.04 bits per heavy atom. The average Bonchev–Trinajstić information content (AvgIpc) is 2.67. The summed E-state index contributed by atoms with van der Waals surface area (Å²) < 4.78 is 10.1. The molecule has 1 atom stereocenters. The third kappa shape index (κ3) is 10.2. The number of carbonyl (C=O) groups excluding carboxylic acids is 3. The molecule has 0 fully saturated rings. The first kappa shape index (κ1) is 22.5. The molecule has 0 aliphatic carbocycles. The molecule has 0 spiro atoms. The fraction of sp³-hybridized carbons (Fsp3) is 0.550. The quantitative estimate of drug-likeness (QED) is 0.431. The lowest BCUT2D eigenvalue weighted by atomic mass is 10.1. The first-order valence-corrected chi connectivity index (χ1v) is 9.47. The minimum atomic E-state index is -0.922. The zero-order valence-electron chi connectivity index (χ0n) is 16.2. The van der Waals surface area contributed by atoms with Gasteiger partial charge >= 0.3 is 12.1 Å². The largest absolute Gasteiger partial charge is 0.464 e. The Morgan fingerprint density at radius 3 is 2.44 bits per heavy atom. The van der Waals surface area contributed by atoms with Crippen LogP contribution in [-0.4, -0.2) is 37.2 Å². The number of hydrogen-bond donors (Lipinski definition) is 2. The predicted octanol–water partition coefficient (Wildman–Crippen LogP) is 2.93. The Balaban J connectivity index is 2.44. The SMILES string of the molecule is CCCCCNC(=O)CCC(NC(=O)OCc1ccccc1)C(=O)OCC. The second-order valence-corrected chi connectivity index (χ2v) is 6.11. The normalized spacial score (nSPS) is 11.3. The van der Waals surface area contributed by atoms with Crippen LogP contribution in [-0.2, 0) is 25.7 Å². The van der Waals surface area contributed by atoms with E-state index in [4.69, 9.17) is 9.47 Å². The third-order valence-electron chi connectivity index (χ3n) is 3.84. The summed E-state index contributed by atoms with van der Waals surface area (Å²) in [6, 6.07) is 8.30. The average molecular weight is 378 g/mol. The van der Waals surface area contributed by atoms with Crippen LogP contribution in [0.15, 0.2) is 30.3 Å². The highest BCUT2D eigenvalue weighted by Crippen LogP contribution is 2.04. The third-order valence-corrected chi connectivity index (χ3v) is 3.84. The highest BCUT2D eigenvalue weighted by atomic mass is 16.6. The van der Waals surface area contributed by atoms with Crippen molar-refractivity contribution in [1.82, 2.24) is 10.6 Å². The van der Waals surface area contributed by atoms with Gasteiger partial charge in [-0.3, -0.25) is 4.79 Å². The monoisotopic (exact) mass is 378 g/mol. The van der Waals surface area contributed by atoms with Crippen molar-refractivity contribution in [2.24, 2.45) is 0 Å². The fourth-order valence-electron chi connectivity index (χ4n) is 2.37. The maximum Gasteiger partial charge on any atom is 0.408 e. The molecule has 0 aliphatic heterocycles. The zero-order valence-corrected chi connectivity index (χ0v) is 16.2. The minimum Gasteiger partial charge on any atom is -0.464 e. The Bertz CT molecular complexity index is 577. The molecular formula is C20H30N2O5. The number of nitrogens with one attached hydrogen (secondary N) is 2. The first-order valence-electron chi connectivity index (χ1n) is 9.47. The first-order chi connectivity index (χ1) is 13.1. The van der Waals surface area contributed by atoms with E-state index in [1.54, 1.807) is 6.92 Å². The molecule has 0 aromatic heterocycles. The summed E-state index contributed by atoms with van der Waals surface area (Å²) >= 11 is 0. The Kier molecular flexibility index (Phi) is 11.3. The van der Waals surface area contributed by atoms with E-state index in [0.29, 0.717) is 6.54 Å². The number of benzene rings is 1. The van der Waals surface area contributed by atoms with Gasteiger partial charge in [-0.15, -0.1) is 0 Å². The van der Waals surface area contributed by atoms with Gasteiger partial charge in [0.1, 0.15) is 12.6 Å². The molecule has 1 unspecified atom stereocenters. The van der Waals surface area contributed by atoms with Crippen LogP contribution in [0.2, 0.25) is 0 Å². The summed E-state index contributed by atoms with van der Waals surface area (Å²) in [5.74, 6) is -0.729. The standard InChI is InChI=1S/C20H30N2O5/c1-3-5-9-14-21-18(23)13-12-17(19(24)26-4-2)22-20(25)27-15-16-10-7-6-8-11-16/h6-8,10-11,17H,3-5,9,12-15H2,1-2H3,(H,21,23)(H,22,25). The van der Waals surface area contributed by atoms with Crippen LogP contribution >= 0.6 is 0 Å². The molecule has 0 bridgehead atoms. The highest BCUT2D eigenvalue weighted by Gasteiger charge is 2.23. The molecule has 1 aromatic rings. The van der Waals surface area contributed by atoms with Gasteiger partial charge in [0.2, 0.25) is 5.91 Å². The van der Waals surface area contributed by atoms with Crippen LogP contribution in [0.25, 0.3) is 0 Å². The molecule has 7 heteroatoms. The van der Waals surface area contributed by atoms with Crippen LogP contribution < -0.4 is 10.6 Å². The molecule has 2 N–H and O–H groups in total. The number of ether oxygens (including phenoxy) is 2. The maximum atomic E-state index is 12.0. The van der Waals surface area contributed by atoms with Crippen molar-refractivity contribution in [3.8, 4) is 0 Å². The van der Waals surface area contributed by atoms with Gasteiger partial charge in [-0.2, -0.15) is 0 Å². The molecule has 0 aliphatic rings. The molecular weight excluding hydrogens is 348 g/mol. The molecule has 1 rings (SSSR count). The molecule has 0 saturated carbocycles. The summed E-state index contributed by atoms with van der Waals surface area (Å²) in [6.45, 7) is 4.68. The summed E-state index contributed by atoms with van der Waals surface area (Å²) in [7, 11) is 0. The Morgan fingerprint density at radius 2 is 1.78 bits per heavy atom. The topological polar surface area (TPSA) is 93.7 Å². The van der Waals surface area contributed by atoms with Crippen LogP contribution in [0, 0.1) is 0 Å². The maximum absolute atomic E-state index is 12.0. The van der Waals surface area contributed by atoms with Crippen molar-refractivity contribution in [2.45, 2.75) is 58.6 Å². The van der Waals surface area contributed by atoms with Gasteiger partial charge in [-0.05, 0) is 25.3 Å². The van der Waals surface area contributed by atoms with Gasteiger partial charge in [-0.1, -0.05) is 50.1 Å². The summed E-state index contributed by atoms with van der Waals surface area (Å²) in [5, 5.41) is 5.30. The summed E-state index contributed by atoms with van der Waals surface area (Å²) in [6.07, 6.45) is 2.61. The van der Waals surface area contributed by atoms with Gasteiger partial charge in [-0.25, -0.2) is 9.59 Å². The number of hydrogen-bond acceptors (Lipinski definition) is 5. The van der Waals surface area contributed by atoms with Gasteiger partial charge in [0.05, 0.1) is 6.61 Å². The smallest absolute Gasteiger partial charge is 0.408 e. The zero-order chi connectivity index (χ0) is 19.9. The van der Waals surface area contributed by atoms with E-state index in [1.165, 1.54) is 0 Å². The van der Waals surface area contributed by atoms with Crippen molar-refractivity contribution in [3.05, 3.63) is 35.9 Å². The number of rotatable bonds is 12. The van der Waals surface area contributed by atoms with Crippen LogP contribution in [0.1, 0.15) is 51.5 Å². The van der Waals surface area contributed by atoms with Crippen LogP contribution in [0.5, 0.6) is 0 Å². The molecule has 7 nitrogen and oxygen atoms in total. The van der Waals surface area contributed by atoms with E-state index in [0.717, 1.165) is 24.8 Å². The second kappa shape index (κ2) is 13.6. The number of amides is 2. The predicted molar refractivity (Wildman–Crippen MR) is 102 cm³/mol. The van der Waals surface area contributed by atoms with Gasteiger partial charge in [0.15, 0.2) is 0 Å². The molecule has 1 aromatic carbocycles. The molecule has 0 heterocycles. The van der Waals surface area contributed by atoms with Crippen molar-refractivity contribution >= 4 is 18.0 Å². The molecule has 27 heavy (non-hydrogen) atoms. The Labute approximate surface area is 160 Å². The lowest BCUT2D eigenvalue weighted by Gasteiger charge is -2.17. The number of carbonyl (C=O) groups is 3. The molecule has 0 radical (unpaired) electrons. The lowest BCUT2D eigenvalue weighted by molar-refractivity contribution is -0.145. The van der Waals surface area contributed by atoms with Crippen molar-refractivity contribution in [2.75, 3.05) is 13.2 Å². The van der Waals surface area contributed by atoms with Crippen molar-refractivity contribution < 1.29 is 23.9 Å². The molecule has 150 valence electrons. The van der Waals surface area contributed by atoms with E-state index < -0.39 is 18.1 Å². The van der Waals surface area contributed by atoms with Crippen LogP contribution in [0.4, 0.5) is 4.79 Å². The number of unbranched alkanes of at least 4 members (excludes halogenated alkanes) is 2. The lowest BCUT2D eigenvalue weighted by Crippen LogP contribution is -2.43. The van der Waals surface area contributed by atoms with Gasteiger partial charge < -0.3 is 20.1 Å². The molecule has 0 saturated heterocycles. The number of alkyl carbamates (subject to hydrolysis) is 1. The summed E-state index contributed by atoms with van der Waals surface area (Å²) in [5.41, 5.74) is 0.840. The van der Waals surface area contributed by atoms with E-state index >= 15 is 0 Å². The van der Waals surface area contributed by atoms with E-state index in [1.807, 2.05) is 30.3 Å². The van der Waals surface area contributed by atoms with Crippen molar-refractivity contribution in [3.63, 3.8) is 0 Å². The Hall–Kier alpha value is -2.57. The van der Waals surface area contributed by atoms with Gasteiger partial charge in [0.25, 0.3) is 0 Å². The minimum absolute atomic E-state index is 0.0974. The van der Waals surface area contributed by atoms with Crippen LogP contribution in [0.3, 0.4) is 0 Å². The van der Waals surface area contributed by atoms with E-state index in [2.05, 4.69) is 17.6 Å². The number of esters is 1. The molecule has 2 amide bonds. The van der Waals surface area contributed by atoms with Gasteiger partial charge in [0, 0.05) is 13.0 Å². The van der Waals surface area contributed by atoms with E-state index in [-0.39, 0.29) is 32.0 Å². The van der Waals surface area contributed by atoms with Crippen molar-refractivity contribution in [1.29, 1.82) is 0 Å². The van der Waals surface area contributed by atoms with E-state index in [9.17, 15) is 14.4 Å². The highest BCUT2D eigenvalue weighted by molar-refractivity contribution is 5.82. The fourth-order valence-corrected chi connectivity index (χ4v) is 2.37. The summed E-state index contributed by atoms with van der Waals surface area (Å²) in [4.78, 5) is 35.9.